The Morgan fingerprint density at radius 1 is 1.61 bits per heavy atom. The second-order valence-corrected chi connectivity index (χ2v) is 3.97. The quantitative estimate of drug-likeness (QED) is 0.809. The van der Waals surface area contributed by atoms with Gasteiger partial charge in [0.2, 0.25) is 11.9 Å². The van der Waals surface area contributed by atoms with Crippen LogP contribution in [0.2, 0.25) is 0 Å². The van der Waals surface area contributed by atoms with Gasteiger partial charge in [0.05, 0.1) is 11.8 Å². The lowest BCUT2D eigenvalue weighted by Crippen LogP contribution is -2.31. The van der Waals surface area contributed by atoms with E-state index in [0.717, 1.165) is 0 Å². The minimum absolute atomic E-state index is 0.419. The highest BCUT2D eigenvalue weighted by atomic mass is 16.3. The molecule has 0 radical (unpaired) electrons. The zero-order chi connectivity index (χ0) is 12.7. The van der Waals surface area contributed by atoms with Crippen molar-refractivity contribution >= 4 is 11.9 Å². The zero-order valence-electron chi connectivity index (χ0n) is 9.62. The van der Waals surface area contributed by atoms with Crippen LogP contribution in [0.5, 0.6) is 0 Å². The minimum atomic E-state index is -0.512. The van der Waals surface area contributed by atoms with Crippen molar-refractivity contribution in [2.45, 2.75) is 13.0 Å². The highest BCUT2D eigenvalue weighted by molar-refractivity contribution is 5.95. The largest absolute Gasteiger partial charge is 0.467 e. The van der Waals surface area contributed by atoms with E-state index in [-0.39, 0.29) is 0 Å². The molecule has 1 aliphatic heterocycles. The molecule has 0 bridgehead atoms. The molecular formula is C11H11N5O2. The Labute approximate surface area is 102 Å². The number of fused-ring (bicyclic) bond motifs is 1. The molecule has 0 saturated heterocycles. The van der Waals surface area contributed by atoms with E-state index in [9.17, 15) is 4.79 Å². The van der Waals surface area contributed by atoms with Crippen molar-refractivity contribution in [3.63, 3.8) is 0 Å². The molecule has 92 valence electrons. The molecule has 3 heterocycles. The van der Waals surface area contributed by atoms with Crippen LogP contribution in [0.1, 0.15) is 18.7 Å². The van der Waals surface area contributed by atoms with Crippen molar-refractivity contribution in [2.75, 3.05) is 5.32 Å². The summed E-state index contributed by atoms with van der Waals surface area (Å²) >= 11 is 0. The summed E-state index contributed by atoms with van der Waals surface area (Å²) < 4.78 is 6.94. The van der Waals surface area contributed by atoms with Gasteiger partial charge in [-0.2, -0.15) is 10.1 Å². The van der Waals surface area contributed by atoms with Gasteiger partial charge in [0.1, 0.15) is 18.1 Å². The number of nitrogens with one attached hydrogen (secondary N) is 1. The van der Waals surface area contributed by atoms with Crippen LogP contribution in [0.4, 0.5) is 5.95 Å². The summed E-state index contributed by atoms with van der Waals surface area (Å²) in [7, 11) is 0. The Hall–Kier alpha value is -2.57. The maximum atomic E-state index is 11.6. The third-order valence-corrected chi connectivity index (χ3v) is 2.87. The van der Waals surface area contributed by atoms with Crippen LogP contribution in [0.3, 0.4) is 0 Å². The molecule has 2 aromatic heterocycles. The number of carbonyl (C=O) groups is 1. The molecule has 3 rings (SSSR count). The Bertz CT molecular complexity index is 626. The summed E-state index contributed by atoms with van der Waals surface area (Å²) in [6.07, 6.45) is 2.96. The first-order valence-electron chi connectivity index (χ1n) is 5.39. The van der Waals surface area contributed by atoms with Crippen LogP contribution in [0.25, 0.3) is 0 Å². The molecular weight excluding hydrogens is 234 g/mol. The van der Waals surface area contributed by atoms with Gasteiger partial charge in [-0.25, -0.2) is 4.68 Å². The predicted molar refractivity (Wildman–Crippen MR) is 62.4 cm³/mol. The monoisotopic (exact) mass is 245 g/mol. The third kappa shape index (κ3) is 1.41. The van der Waals surface area contributed by atoms with Crippen molar-refractivity contribution in [1.29, 1.82) is 0 Å². The van der Waals surface area contributed by atoms with E-state index < -0.39 is 11.9 Å². The lowest BCUT2D eigenvalue weighted by Gasteiger charge is -2.25. The SMILES string of the molecule is CC1=C(C(N)=O)[C@H](c2ccco2)n2ncnc2N1. The molecule has 0 aromatic carbocycles. The minimum Gasteiger partial charge on any atom is -0.467 e. The fraction of sp³-hybridized carbons (Fsp3) is 0.182. The molecule has 1 atom stereocenters. The summed E-state index contributed by atoms with van der Waals surface area (Å²) in [6.45, 7) is 1.77. The number of amides is 1. The molecule has 0 unspecified atom stereocenters. The van der Waals surface area contributed by atoms with E-state index in [1.807, 2.05) is 0 Å². The molecule has 18 heavy (non-hydrogen) atoms. The summed E-state index contributed by atoms with van der Waals surface area (Å²) in [5.74, 6) is 0.637. The molecule has 1 aliphatic rings. The summed E-state index contributed by atoms with van der Waals surface area (Å²) in [5, 5.41) is 7.09. The molecule has 7 nitrogen and oxygen atoms in total. The van der Waals surface area contributed by atoms with Gasteiger partial charge in [-0.05, 0) is 19.1 Å². The molecule has 3 N–H and O–H groups in total. The Morgan fingerprint density at radius 3 is 3.11 bits per heavy atom. The highest BCUT2D eigenvalue weighted by Crippen LogP contribution is 2.34. The number of carbonyl (C=O) groups excluding carboxylic acids is 1. The Morgan fingerprint density at radius 2 is 2.44 bits per heavy atom. The first-order valence-corrected chi connectivity index (χ1v) is 5.39. The fourth-order valence-corrected chi connectivity index (χ4v) is 2.12. The van der Waals surface area contributed by atoms with Gasteiger partial charge in [-0.3, -0.25) is 4.79 Å². The van der Waals surface area contributed by atoms with E-state index >= 15 is 0 Å². The first kappa shape index (κ1) is 10.6. The summed E-state index contributed by atoms with van der Waals surface area (Å²) in [5.41, 5.74) is 6.52. The number of nitrogens with zero attached hydrogens (tertiary/aromatic N) is 3. The number of hydrogen-bond donors (Lipinski definition) is 2. The second-order valence-electron chi connectivity index (χ2n) is 3.97. The van der Waals surface area contributed by atoms with Gasteiger partial charge in [0.25, 0.3) is 0 Å². The zero-order valence-corrected chi connectivity index (χ0v) is 9.62. The number of aromatic nitrogens is 3. The van der Waals surface area contributed by atoms with Gasteiger partial charge in [0, 0.05) is 5.70 Å². The lowest BCUT2D eigenvalue weighted by molar-refractivity contribution is -0.115. The van der Waals surface area contributed by atoms with Crippen LogP contribution in [-0.2, 0) is 4.79 Å². The smallest absolute Gasteiger partial charge is 0.249 e. The average Bonchev–Trinajstić information content (AvgIpc) is 2.96. The predicted octanol–water partition coefficient (Wildman–Crippen LogP) is 0.645. The second kappa shape index (κ2) is 3.73. The van der Waals surface area contributed by atoms with Crippen molar-refractivity contribution in [3.05, 3.63) is 41.8 Å². The standard InChI is InChI=1S/C11H11N5O2/c1-6-8(10(12)17)9(7-3-2-4-18-7)16-11(15-6)13-5-14-16/h2-5,9H,1H3,(H2,12,17)(H,13,14,15)/t9-/m0/s1. The molecule has 2 aromatic rings. The molecule has 0 saturated carbocycles. The molecule has 0 aliphatic carbocycles. The van der Waals surface area contributed by atoms with Crippen LogP contribution in [-0.4, -0.2) is 20.7 Å². The van der Waals surface area contributed by atoms with Crippen LogP contribution >= 0.6 is 0 Å². The van der Waals surface area contributed by atoms with E-state index in [2.05, 4.69) is 15.4 Å². The highest BCUT2D eigenvalue weighted by Gasteiger charge is 2.33. The lowest BCUT2D eigenvalue weighted by atomic mass is 10.0. The molecule has 0 spiro atoms. The van der Waals surface area contributed by atoms with Crippen molar-refractivity contribution in [3.8, 4) is 0 Å². The van der Waals surface area contributed by atoms with Gasteiger partial charge in [-0.1, -0.05) is 0 Å². The number of primary amides is 1. The number of rotatable bonds is 2. The van der Waals surface area contributed by atoms with Crippen molar-refractivity contribution in [1.82, 2.24) is 14.8 Å². The van der Waals surface area contributed by atoms with Crippen molar-refractivity contribution < 1.29 is 9.21 Å². The molecule has 7 heteroatoms. The Kier molecular flexibility index (Phi) is 2.19. The van der Waals surface area contributed by atoms with Gasteiger partial charge < -0.3 is 15.5 Å². The normalized spacial score (nSPS) is 18.4. The van der Waals surface area contributed by atoms with Gasteiger partial charge >= 0.3 is 0 Å². The summed E-state index contributed by atoms with van der Waals surface area (Å²) in [6, 6.07) is 3.05. The number of nitrogens with two attached hydrogens (primary N) is 1. The molecule has 1 amide bonds. The number of furan rings is 1. The van der Waals surface area contributed by atoms with E-state index in [1.165, 1.54) is 6.33 Å². The fourth-order valence-electron chi connectivity index (χ4n) is 2.12. The third-order valence-electron chi connectivity index (χ3n) is 2.87. The van der Waals surface area contributed by atoms with Crippen LogP contribution in [0.15, 0.2) is 40.4 Å². The van der Waals surface area contributed by atoms with Crippen LogP contribution < -0.4 is 11.1 Å². The van der Waals surface area contributed by atoms with E-state index in [4.69, 9.17) is 10.2 Å². The first-order chi connectivity index (χ1) is 8.68. The van der Waals surface area contributed by atoms with Crippen molar-refractivity contribution in [2.24, 2.45) is 5.73 Å². The van der Waals surface area contributed by atoms with E-state index in [1.54, 1.807) is 30.0 Å². The Balaban J connectivity index is 2.21. The summed E-state index contributed by atoms with van der Waals surface area (Å²) in [4.78, 5) is 15.7. The van der Waals surface area contributed by atoms with Crippen LogP contribution in [0, 0.1) is 0 Å². The van der Waals surface area contributed by atoms with Gasteiger partial charge in [-0.15, -0.1) is 0 Å². The molecule has 0 fully saturated rings. The van der Waals surface area contributed by atoms with E-state index in [0.29, 0.717) is 23.0 Å². The maximum Gasteiger partial charge on any atom is 0.249 e. The number of hydrogen-bond acceptors (Lipinski definition) is 5. The average molecular weight is 245 g/mol. The maximum absolute atomic E-state index is 11.6. The van der Waals surface area contributed by atoms with Gasteiger partial charge in [0.15, 0.2) is 0 Å². The number of allylic oxidation sites excluding steroid dienone is 1. The topological polar surface area (TPSA) is 99.0 Å². The number of anilines is 1.